The lowest BCUT2D eigenvalue weighted by atomic mass is 10.2. The molecule has 0 spiro atoms. The second-order valence-corrected chi connectivity index (χ2v) is 5.88. The van der Waals surface area contributed by atoms with Crippen LogP contribution >= 0.6 is 0 Å². The fraction of sp³-hybridized carbons (Fsp3) is 0.857. The Morgan fingerprint density at radius 3 is 2.25 bits per heavy atom. The Morgan fingerprint density at radius 1 is 1.20 bits per heavy atom. The molecule has 0 aromatic rings. The van der Waals surface area contributed by atoms with Crippen molar-refractivity contribution < 1.29 is 24.2 Å². The third-order valence-corrected chi connectivity index (χ3v) is 2.27. The summed E-state index contributed by atoms with van der Waals surface area (Å²) in [5.41, 5.74) is -0.590. The summed E-state index contributed by atoms with van der Waals surface area (Å²) in [6.45, 7) is 10.3. The first kappa shape index (κ1) is 18.7. The topological polar surface area (TPSA) is 76.1 Å². The summed E-state index contributed by atoms with van der Waals surface area (Å²) in [5, 5.41) is 8.72. The summed E-state index contributed by atoms with van der Waals surface area (Å²) in [7, 11) is 0. The maximum absolute atomic E-state index is 12.0. The van der Waals surface area contributed by atoms with Gasteiger partial charge in [0.25, 0.3) is 0 Å². The van der Waals surface area contributed by atoms with Crippen LogP contribution in [0.15, 0.2) is 0 Å². The summed E-state index contributed by atoms with van der Waals surface area (Å²) >= 11 is 0. The highest BCUT2D eigenvalue weighted by atomic mass is 16.6. The Hall–Kier alpha value is -1.30. The van der Waals surface area contributed by atoms with Gasteiger partial charge in [0.15, 0.2) is 0 Å². The van der Waals surface area contributed by atoms with Crippen molar-refractivity contribution in [2.75, 3.05) is 19.7 Å². The monoisotopic (exact) mass is 289 g/mol. The molecule has 0 radical (unpaired) electrons. The number of carboxylic acids is 1. The van der Waals surface area contributed by atoms with Crippen molar-refractivity contribution in [1.29, 1.82) is 0 Å². The molecule has 0 saturated heterocycles. The first-order chi connectivity index (χ1) is 9.11. The van der Waals surface area contributed by atoms with E-state index in [4.69, 9.17) is 14.6 Å². The van der Waals surface area contributed by atoms with Gasteiger partial charge in [-0.25, -0.2) is 4.79 Å². The second-order valence-electron chi connectivity index (χ2n) is 5.88. The summed E-state index contributed by atoms with van der Waals surface area (Å²) in [6.07, 6.45) is 0.216. The smallest absolute Gasteiger partial charge is 0.410 e. The molecule has 6 nitrogen and oxygen atoms in total. The van der Waals surface area contributed by atoms with Crippen molar-refractivity contribution >= 4 is 12.1 Å². The zero-order chi connectivity index (χ0) is 15.8. The number of amides is 1. The van der Waals surface area contributed by atoms with Crippen LogP contribution in [-0.4, -0.2) is 53.5 Å². The number of carbonyl (C=O) groups is 2. The molecule has 0 aliphatic heterocycles. The lowest BCUT2D eigenvalue weighted by Gasteiger charge is -2.27. The first-order valence-corrected chi connectivity index (χ1v) is 6.93. The molecule has 1 N–H and O–H groups in total. The quantitative estimate of drug-likeness (QED) is 0.695. The Balaban J connectivity index is 4.32. The zero-order valence-electron chi connectivity index (χ0n) is 13.1. The number of aliphatic carboxylic acids is 1. The Labute approximate surface area is 121 Å². The lowest BCUT2D eigenvalue weighted by Crippen LogP contribution is -2.39. The van der Waals surface area contributed by atoms with Gasteiger partial charge in [-0.05, 0) is 41.0 Å². The number of ether oxygens (including phenoxy) is 2. The number of carbonyl (C=O) groups excluding carboxylic acids is 1. The number of rotatable bonds is 8. The Bertz CT molecular complexity index is 309. The average Bonchev–Trinajstić information content (AvgIpc) is 2.24. The Morgan fingerprint density at radius 2 is 1.80 bits per heavy atom. The molecule has 118 valence electrons. The Kier molecular flexibility index (Phi) is 8.22. The highest BCUT2D eigenvalue weighted by molar-refractivity contribution is 5.70. The van der Waals surface area contributed by atoms with Crippen LogP contribution in [0.4, 0.5) is 4.79 Å². The van der Waals surface area contributed by atoms with Crippen LogP contribution in [0.2, 0.25) is 0 Å². The van der Waals surface area contributed by atoms with Gasteiger partial charge in [0.05, 0.1) is 12.5 Å². The van der Waals surface area contributed by atoms with E-state index < -0.39 is 17.7 Å². The molecule has 0 atom stereocenters. The molecule has 0 rings (SSSR count). The van der Waals surface area contributed by atoms with Gasteiger partial charge in [0, 0.05) is 19.7 Å². The highest BCUT2D eigenvalue weighted by Gasteiger charge is 2.22. The summed E-state index contributed by atoms with van der Waals surface area (Å²) in [6, 6.07) is 0. The number of carboxylic acid groups (broad SMARTS) is 1. The van der Waals surface area contributed by atoms with Gasteiger partial charge in [-0.3, -0.25) is 4.79 Å². The fourth-order valence-electron chi connectivity index (χ4n) is 1.43. The van der Waals surface area contributed by atoms with Crippen molar-refractivity contribution in [3.8, 4) is 0 Å². The fourth-order valence-corrected chi connectivity index (χ4v) is 1.43. The van der Waals surface area contributed by atoms with Crippen LogP contribution in [0, 0.1) is 0 Å². The van der Waals surface area contributed by atoms with E-state index in [1.165, 1.54) is 4.90 Å². The van der Waals surface area contributed by atoms with Crippen molar-refractivity contribution in [3.63, 3.8) is 0 Å². The van der Waals surface area contributed by atoms with E-state index in [0.29, 0.717) is 19.6 Å². The summed E-state index contributed by atoms with van der Waals surface area (Å²) in [4.78, 5) is 24.0. The summed E-state index contributed by atoms with van der Waals surface area (Å²) in [5.74, 6) is -0.933. The van der Waals surface area contributed by atoms with E-state index in [1.807, 2.05) is 13.8 Å². The maximum atomic E-state index is 12.0. The van der Waals surface area contributed by atoms with Crippen molar-refractivity contribution in [2.45, 2.75) is 59.2 Å². The van der Waals surface area contributed by atoms with E-state index in [9.17, 15) is 9.59 Å². The minimum Gasteiger partial charge on any atom is -0.481 e. The molecule has 0 aliphatic carbocycles. The van der Waals surface area contributed by atoms with Crippen LogP contribution < -0.4 is 0 Å². The number of hydrogen-bond donors (Lipinski definition) is 1. The van der Waals surface area contributed by atoms with Gasteiger partial charge in [-0.1, -0.05) is 0 Å². The van der Waals surface area contributed by atoms with Crippen molar-refractivity contribution in [2.24, 2.45) is 0 Å². The zero-order valence-corrected chi connectivity index (χ0v) is 13.1. The van der Waals surface area contributed by atoms with Gasteiger partial charge < -0.3 is 19.5 Å². The number of hydrogen-bond acceptors (Lipinski definition) is 4. The van der Waals surface area contributed by atoms with Crippen molar-refractivity contribution in [1.82, 2.24) is 4.90 Å². The van der Waals surface area contributed by atoms with Crippen LogP contribution in [0.3, 0.4) is 0 Å². The van der Waals surface area contributed by atoms with Gasteiger partial charge in [-0.15, -0.1) is 0 Å². The van der Waals surface area contributed by atoms with Crippen LogP contribution in [0.25, 0.3) is 0 Å². The summed E-state index contributed by atoms with van der Waals surface area (Å²) < 4.78 is 10.7. The molecular weight excluding hydrogens is 262 g/mol. The standard InChI is InChI=1S/C14H27NO5/c1-11(2)19-10-6-8-15(9-7-12(16)17)13(18)20-14(3,4)5/h11H,6-10H2,1-5H3,(H,16,17). The lowest BCUT2D eigenvalue weighted by molar-refractivity contribution is -0.137. The SMILES string of the molecule is CC(C)OCCCN(CCC(=O)O)C(=O)OC(C)(C)C. The molecule has 0 fully saturated rings. The van der Waals surface area contributed by atoms with E-state index in [2.05, 4.69) is 0 Å². The van der Waals surface area contributed by atoms with Crippen molar-refractivity contribution in [3.05, 3.63) is 0 Å². The molecule has 0 unspecified atom stereocenters. The molecule has 0 heterocycles. The molecule has 6 heteroatoms. The maximum Gasteiger partial charge on any atom is 0.410 e. The highest BCUT2D eigenvalue weighted by Crippen LogP contribution is 2.10. The van der Waals surface area contributed by atoms with Gasteiger partial charge in [0.2, 0.25) is 0 Å². The predicted molar refractivity (Wildman–Crippen MR) is 75.8 cm³/mol. The van der Waals surface area contributed by atoms with E-state index in [1.54, 1.807) is 20.8 Å². The third-order valence-electron chi connectivity index (χ3n) is 2.27. The minimum atomic E-state index is -0.933. The molecule has 20 heavy (non-hydrogen) atoms. The molecular formula is C14H27NO5. The molecule has 0 aliphatic rings. The van der Waals surface area contributed by atoms with E-state index >= 15 is 0 Å². The minimum absolute atomic E-state index is 0.0930. The predicted octanol–water partition coefficient (Wildman–Crippen LogP) is 2.51. The van der Waals surface area contributed by atoms with Gasteiger partial charge >= 0.3 is 12.1 Å². The third kappa shape index (κ3) is 10.6. The molecule has 0 saturated carbocycles. The largest absolute Gasteiger partial charge is 0.481 e. The van der Waals surface area contributed by atoms with Crippen LogP contribution in [-0.2, 0) is 14.3 Å². The van der Waals surface area contributed by atoms with Gasteiger partial charge in [-0.2, -0.15) is 0 Å². The second kappa shape index (κ2) is 8.79. The number of nitrogens with zero attached hydrogens (tertiary/aromatic N) is 1. The average molecular weight is 289 g/mol. The van der Waals surface area contributed by atoms with Gasteiger partial charge in [0.1, 0.15) is 5.60 Å². The first-order valence-electron chi connectivity index (χ1n) is 6.93. The van der Waals surface area contributed by atoms with Crippen LogP contribution in [0.5, 0.6) is 0 Å². The van der Waals surface area contributed by atoms with E-state index in [0.717, 1.165) is 0 Å². The normalized spacial score (nSPS) is 11.5. The molecule has 0 bridgehead atoms. The molecule has 0 aromatic heterocycles. The molecule has 0 aromatic carbocycles. The molecule has 1 amide bonds. The van der Waals surface area contributed by atoms with Crippen LogP contribution in [0.1, 0.15) is 47.5 Å². The van der Waals surface area contributed by atoms with E-state index in [-0.39, 0.29) is 19.1 Å².